The Morgan fingerprint density at radius 2 is 2.20 bits per heavy atom. The minimum atomic E-state index is 0.165. The van der Waals surface area contributed by atoms with E-state index in [2.05, 4.69) is 24.3 Å². The van der Waals surface area contributed by atoms with Gasteiger partial charge in [0.25, 0.3) is 0 Å². The molecule has 4 rings (SSSR count). The van der Waals surface area contributed by atoms with Gasteiger partial charge in [0, 0.05) is 30.5 Å². The molecule has 3 heteroatoms. The zero-order valence-corrected chi connectivity index (χ0v) is 11.8. The van der Waals surface area contributed by atoms with Crippen molar-refractivity contribution in [2.75, 3.05) is 13.1 Å². The Kier molecular flexibility index (Phi) is 2.68. The van der Waals surface area contributed by atoms with Gasteiger partial charge in [0.15, 0.2) is 0 Å². The van der Waals surface area contributed by atoms with Gasteiger partial charge in [0.05, 0.1) is 0 Å². The highest BCUT2D eigenvalue weighted by Gasteiger charge is 2.61. The van der Waals surface area contributed by atoms with Crippen molar-refractivity contribution in [3.05, 3.63) is 35.4 Å². The molecule has 2 aliphatic carbocycles. The fourth-order valence-corrected chi connectivity index (χ4v) is 4.36. The van der Waals surface area contributed by atoms with Crippen LogP contribution < -0.4 is 5.73 Å². The van der Waals surface area contributed by atoms with Crippen LogP contribution in [0.3, 0.4) is 0 Å². The van der Waals surface area contributed by atoms with E-state index in [4.69, 9.17) is 5.73 Å². The number of amides is 1. The molecular weight excluding hydrogens is 248 g/mol. The predicted octanol–water partition coefficient (Wildman–Crippen LogP) is 1.84. The number of hydrogen-bond donors (Lipinski definition) is 1. The maximum atomic E-state index is 12.7. The molecule has 0 radical (unpaired) electrons. The quantitative estimate of drug-likeness (QED) is 0.846. The topological polar surface area (TPSA) is 46.3 Å². The molecular formula is C17H22N2O. The molecule has 1 aromatic carbocycles. The summed E-state index contributed by atoms with van der Waals surface area (Å²) in [6.07, 6.45) is 5.59. The Morgan fingerprint density at radius 1 is 1.35 bits per heavy atom. The van der Waals surface area contributed by atoms with Gasteiger partial charge in [-0.05, 0) is 43.2 Å². The third-order valence-electron chi connectivity index (χ3n) is 5.53. The number of likely N-dealkylation sites (tertiary alicyclic amines) is 1. The van der Waals surface area contributed by atoms with Crippen LogP contribution in [-0.2, 0) is 16.6 Å². The van der Waals surface area contributed by atoms with E-state index < -0.39 is 0 Å². The molecule has 0 aromatic heterocycles. The van der Waals surface area contributed by atoms with Crippen molar-refractivity contribution in [1.29, 1.82) is 0 Å². The summed E-state index contributed by atoms with van der Waals surface area (Å²) in [5, 5.41) is 0. The lowest BCUT2D eigenvalue weighted by Crippen LogP contribution is -2.35. The largest absolute Gasteiger partial charge is 0.341 e. The van der Waals surface area contributed by atoms with E-state index in [0.29, 0.717) is 5.91 Å². The molecule has 3 aliphatic rings. The number of carbonyl (C=O) groups is 1. The highest BCUT2D eigenvalue weighted by molar-refractivity contribution is 5.85. The van der Waals surface area contributed by atoms with Crippen molar-refractivity contribution in [2.24, 2.45) is 11.7 Å². The highest BCUT2D eigenvalue weighted by atomic mass is 16.2. The van der Waals surface area contributed by atoms with E-state index >= 15 is 0 Å². The Morgan fingerprint density at radius 3 is 3.00 bits per heavy atom. The third kappa shape index (κ3) is 1.72. The molecule has 106 valence electrons. The number of benzene rings is 1. The fraction of sp³-hybridized carbons (Fsp3) is 0.588. The second-order valence-corrected chi connectivity index (χ2v) is 6.76. The third-order valence-corrected chi connectivity index (χ3v) is 5.53. The van der Waals surface area contributed by atoms with Gasteiger partial charge in [0.2, 0.25) is 5.91 Å². The Balaban J connectivity index is 1.59. The van der Waals surface area contributed by atoms with Crippen LogP contribution in [0.15, 0.2) is 24.3 Å². The average Bonchev–Trinajstić information content (AvgIpc) is 3.01. The summed E-state index contributed by atoms with van der Waals surface area (Å²) in [4.78, 5) is 14.7. The van der Waals surface area contributed by atoms with Crippen LogP contribution in [0.1, 0.15) is 36.8 Å². The minimum absolute atomic E-state index is 0.165. The number of aryl methyl sites for hydroxylation is 1. The molecule has 2 N–H and O–H groups in total. The second kappa shape index (κ2) is 4.32. The molecule has 1 saturated heterocycles. The summed E-state index contributed by atoms with van der Waals surface area (Å²) >= 11 is 0. The number of carbonyl (C=O) groups excluding carboxylic acids is 1. The van der Waals surface area contributed by atoms with Crippen molar-refractivity contribution in [3.63, 3.8) is 0 Å². The minimum Gasteiger partial charge on any atom is -0.341 e. The zero-order chi connectivity index (χ0) is 13.7. The van der Waals surface area contributed by atoms with Crippen LogP contribution in [0.5, 0.6) is 0 Å². The SMILES string of the molecule is N[C@@H]1CCN(C(=O)C2CC23CCCc2ccccc23)C1. The van der Waals surface area contributed by atoms with Crippen molar-refractivity contribution in [3.8, 4) is 0 Å². The van der Waals surface area contributed by atoms with E-state index in [1.165, 1.54) is 30.4 Å². The monoisotopic (exact) mass is 270 g/mol. The van der Waals surface area contributed by atoms with Crippen LogP contribution in [0.2, 0.25) is 0 Å². The van der Waals surface area contributed by atoms with Gasteiger partial charge in [-0.15, -0.1) is 0 Å². The first-order chi connectivity index (χ1) is 9.71. The molecule has 1 saturated carbocycles. The molecule has 2 fully saturated rings. The first-order valence-electron chi connectivity index (χ1n) is 7.83. The Bertz CT molecular complexity index is 556. The summed E-state index contributed by atoms with van der Waals surface area (Å²) in [6.45, 7) is 1.61. The summed E-state index contributed by atoms with van der Waals surface area (Å²) in [6, 6.07) is 8.92. The molecule has 1 aromatic rings. The molecule has 20 heavy (non-hydrogen) atoms. The molecule has 2 unspecified atom stereocenters. The van der Waals surface area contributed by atoms with Crippen LogP contribution in [0.25, 0.3) is 0 Å². The van der Waals surface area contributed by atoms with Gasteiger partial charge < -0.3 is 10.6 Å². The van der Waals surface area contributed by atoms with Gasteiger partial charge >= 0.3 is 0 Å². The Labute approximate surface area is 120 Å². The van der Waals surface area contributed by atoms with Gasteiger partial charge in [-0.25, -0.2) is 0 Å². The molecule has 1 aliphatic heterocycles. The van der Waals surface area contributed by atoms with Gasteiger partial charge in [0.1, 0.15) is 0 Å². The van der Waals surface area contributed by atoms with E-state index in [0.717, 1.165) is 25.9 Å². The second-order valence-electron chi connectivity index (χ2n) is 6.76. The van der Waals surface area contributed by atoms with Gasteiger partial charge in [-0.1, -0.05) is 24.3 Å². The normalized spacial score (nSPS) is 35.1. The fourth-order valence-electron chi connectivity index (χ4n) is 4.36. The van der Waals surface area contributed by atoms with Crippen molar-refractivity contribution in [2.45, 2.75) is 43.6 Å². The number of fused-ring (bicyclic) bond motifs is 2. The molecule has 1 amide bonds. The predicted molar refractivity (Wildman–Crippen MR) is 78.3 cm³/mol. The van der Waals surface area contributed by atoms with E-state index in [1.807, 2.05) is 4.90 Å². The van der Waals surface area contributed by atoms with E-state index in [1.54, 1.807) is 0 Å². The first kappa shape index (κ1) is 12.4. The maximum absolute atomic E-state index is 12.7. The lowest BCUT2D eigenvalue weighted by atomic mass is 9.78. The smallest absolute Gasteiger partial charge is 0.226 e. The first-order valence-corrected chi connectivity index (χ1v) is 7.83. The van der Waals surface area contributed by atoms with Crippen LogP contribution in [0, 0.1) is 5.92 Å². The summed E-state index contributed by atoms with van der Waals surface area (Å²) in [7, 11) is 0. The number of hydrogen-bond acceptors (Lipinski definition) is 2. The molecule has 1 heterocycles. The van der Waals surface area contributed by atoms with Gasteiger partial charge in [-0.3, -0.25) is 4.79 Å². The van der Waals surface area contributed by atoms with Crippen LogP contribution in [-0.4, -0.2) is 29.9 Å². The average molecular weight is 270 g/mol. The standard InChI is InChI=1S/C17H22N2O/c18-13-7-9-19(11-13)16(20)15-10-17(15)8-3-5-12-4-1-2-6-14(12)17/h1-2,4,6,13,15H,3,5,7-11,18H2/t13-,15?,17?/m1/s1. The lowest BCUT2D eigenvalue weighted by molar-refractivity contribution is -0.132. The molecule has 3 nitrogen and oxygen atoms in total. The Hall–Kier alpha value is -1.35. The summed E-state index contributed by atoms with van der Waals surface area (Å²) in [5.74, 6) is 0.573. The van der Waals surface area contributed by atoms with Crippen LogP contribution >= 0.6 is 0 Å². The highest BCUT2D eigenvalue weighted by Crippen LogP contribution is 2.60. The van der Waals surface area contributed by atoms with Crippen molar-refractivity contribution >= 4 is 5.91 Å². The number of rotatable bonds is 1. The zero-order valence-electron chi connectivity index (χ0n) is 11.8. The molecule has 0 bridgehead atoms. The van der Waals surface area contributed by atoms with Crippen molar-refractivity contribution < 1.29 is 4.79 Å². The number of nitrogens with zero attached hydrogens (tertiary/aromatic N) is 1. The maximum Gasteiger partial charge on any atom is 0.226 e. The van der Waals surface area contributed by atoms with Crippen LogP contribution in [0.4, 0.5) is 0 Å². The molecule has 3 atom stereocenters. The lowest BCUT2D eigenvalue weighted by Gasteiger charge is -2.27. The van der Waals surface area contributed by atoms with E-state index in [-0.39, 0.29) is 17.4 Å². The molecule has 1 spiro atoms. The van der Waals surface area contributed by atoms with E-state index in [9.17, 15) is 4.79 Å². The van der Waals surface area contributed by atoms with Gasteiger partial charge in [-0.2, -0.15) is 0 Å². The summed E-state index contributed by atoms with van der Waals surface area (Å²) in [5.41, 5.74) is 9.02. The summed E-state index contributed by atoms with van der Waals surface area (Å²) < 4.78 is 0. The number of nitrogens with two attached hydrogens (primary N) is 1. The van der Waals surface area contributed by atoms with Crippen molar-refractivity contribution in [1.82, 2.24) is 4.90 Å².